The maximum Gasteiger partial charge on any atom is 0.191 e. The molecule has 0 fully saturated rings. The number of guanidine groups is 1. The third-order valence-electron chi connectivity index (χ3n) is 4.73. The number of benzene rings is 1. The van der Waals surface area contributed by atoms with Crippen molar-refractivity contribution >= 4 is 29.9 Å². The van der Waals surface area contributed by atoms with E-state index in [0.717, 1.165) is 37.7 Å². The van der Waals surface area contributed by atoms with Crippen LogP contribution in [0.25, 0.3) is 0 Å². The Hall–Kier alpha value is -1.64. The molecular weight excluding hydrogens is 451 g/mol. The van der Waals surface area contributed by atoms with Crippen molar-refractivity contribution in [2.24, 2.45) is 4.99 Å². The predicted octanol–water partition coefficient (Wildman–Crippen LogP) is 3.26. The van der Waals surface area contributed by atoms with Gasteiger partial charge in [-0.05, 0) is 29.9 Å². The molecule has 1 atom stereocenters. The lowest BCUT2D eigenvalue weighted by atomic mass is 9.87. The monoisotopic (exact) mass is 482 g/mol. The van der Waals surface area contributed by atoms with Crippen LogP contribution in [0.1, 0.15) is 51.1 Å². The average Bonchev–Trinajstić information content (AvgIpc) is 3.07. The van der Waals surface area contributed by atoms with Crippen LogP contribution in [-0.2, 0) is 24.9 Å². The molecule has 2 N–H and O–H groups in total. The fraction of sp³-hybridized carbons (Fsp3) is 0.550. The van der Waals surface area contributed by atoms with Crippen LogP contribution in [0.15, 0.2) is 35.6 Å². The molecule has 1 aliphatic heterocycles. The van der Waals surface area contributed by atoms with Crippen LogP contribution < -0.4 is 10.6 Å². The number of hydrogen-bond donors (Lipinski definition) is 2. The second-order valence-corrected chi connectivity index (χ2v) is 7.88. The first-order valence-corrected chi connectivity index (χ1v) is 9.46. The van der Waals surface area contributed by atoms with Gasteiger partial charge in [0, 0.05) is 19.0 Å². The normalized spacial score (nSPS) is 17.0. The highest BCUT2D eigenvalue weighted by Gasteiger charge is 2.20. The van der Waals surface area contributed by atoms with E-state index in [9.17, 15) is 0 Å². The lowest BCUT2D eigenvalue weighted by Gasteiger charge is -2.25. The lowest BCUT2D eigenvalue weighted by Crippen LogP contribution is -2.47. The quantitative estimate of drug-likeness (QED) is 0.399. The minimum absolute atomic E-state index is 0. The number of rotatable bonds is 4. The molecule has 0 saturated heterocycles. The summed E-state index contributed by atoms with van der Waals surface area (Å²) in [5.74, 6) is 1.94. The molecular formula is C20H31IN6. The number of aliphatic imine (C=N–C) groups is 1. The SMILES string of the molecule is CCNC(=NCc1ccc(C(C)(C)C)cc1)NC1CCc2ncnn2C1.I. The summed E-state index contributed by atoms with van der Waals surface area (Å²) in [5.41, 5.74) is 2.75. The highest BCUT2D eigenvalue weighted by atomic mass is 127. The largest absolute Gasteiger partial charge is 0.357 e. The molecule has 0 aliphatic carbocycles. The average molecular weight is 482 g/mol. The summed E-state index contributed by atoms with van der Waals surface area (Å²) in [5, 5.41) is 11.2. The van der Waals surface area contributed by atoms with Crippen molar-refractivity contribution in [3.8, 4) is 0 Å². The molecule has 27 heavy (non-hydrogen) atoms. The van der Waals surface area contributed by atoms with E-state index in [1.807, 2.05) is 4.68 Å². The fourth-order valence-electron chi connectivity index (χ4n) is 3.15. The Morgan fingerprint density at radius 2 is 2.00 bits per heavy atom. The van der Waals surface area contributed by atoms with Gasteiger partial charge in [-0.1, -0.05) is 45.0 Å². The molecule has 0 radical (unpaired) electrons. The zero-order valence-corrected chi connectivity index (χ0v) is 19.0. The molecule has 3 rings (SSSR count). The number of hydrogen-bond acceptors (Lipinski definition) is 3. The molecule has 1 aromatic heterocycles. The lowest BCUT2D eigenvalue weighted by molar-refractivity contribution is 0.392. The molecule has 148 valence electrons. The van der Waals surface area contributed by atoms with E-state index in [2.05, 4.69) is 72.7 Å². The van der Waals surface area contributed by atoms with Gasteiger partial charge in [0.15, 0.2) is 5.96 Å². The summed E-state index contributed by atoms with van der Waals surface area (Å²) in [6.45, 7) is 11.1. The number of aromatic nitrogens is 3. The zero-order valence-electron chi connectivity index (χ0n) is 16.7. The maximum atomic E-state index is 4.76. The molecule has 0 amide bonds. The van der Waals surface area contributed by atoms with Crippen molar-refractivity contribution in [1.29, 1.82) is 0 Å². The molecule has 1 aromatic carbocycles. The van der Waals surface area contributed by atoms with Gasteiger partial charge in [-0.3, -0.25) is 0 Å². The van der Waals surface area contributed by atoms with Gasteiger partial charge in [0.2, 0.25) is 0 Å². The van der Waals surface area contributed by atoms with Crippen molar-refractivity contribution in [3.63, 3.8) is 0 Å². The number of halogens is 1. The van der Waals surface area contributed by atoms with E-state index >= 15 is 0 Å². The van der Waals surface area contributed by atoms with E-state index in [4.69, 9.17) is 4.99 Å². The molecule has 2 heterocycles. The van der Waals surface area contributed by atoms with Crippen LogP contribution in [0, 0.1) is 0 Å². The second kappa shape index (κ2) is 9.52. The summed E-state index contributed by atoms with van der Waals surface area (Å²) >= 11 is 0. The maximum absolute atomic E-state index is 4.76. The van der Waals surface area contributed by atoms with Gasteiger partial charge in [-0.2, -0.15) is 5.10 Å². The molecule has 1 aliphatic rings. The molecule has 6 nitrogen and oxygen atoms in total. The van der Waals surface area contributed by atoms with Crippen LogP contribution in [0.4, 0.5) is 0 Å². The molecule has 2 aromatic rings. The van der Waals surface area contributed by atoms with E-state index in [1.165, 1.54) is 11.1 Å². The number of nitrogens with one attached hydrogen (secondary N) is 2. The van der Waals surface area contributed by atoms with E-state index < -0.39 is 0 Å². The van der Waals surface area contributed by atoms with E-state index in [-0.39, 0.29) is 29.4 Å². The summed E-state index contributed by atoms with van der Waals surface area (Å²) in [6, 6.07) is 9.09. The number of nitrogens with zero attached hydrogens (tertiary/aromatic N) is 4. The molecule has 7 heteroatoms. The van der Waals surface area contributed by atoms with Gasteiger partial charge in [-0.25, -0.2) is 14.7 Å². The summed E-state index contributed by atoms with van der Waals surface area (Å²) in [7, 11) is 0. The highest BCUT2D eigenvalue weighted by molar-refractivity contribution is 14.0. The van der Waals surface area contributed by atoms with Gasteiger partial charge in [0.1, 0.15) is 12.2 Å². The van der Waals surface area contributed by atoms with Crippen LogP contribution in [0.3, 0.4) is 0 Å². The fourth-order valence-corrected chi connectivity index (χ4v) is 3.15. The molecule has 1 unspecified atom stereocenters. The third kappa shape index (κ3) is 5.92. The molecule has 0 spiro atoms. The summed E-state index contributed by atoms with van der Waals surface area (Å²) in [6.07, 6.45) is 3.63. The summed E-state index contributed by atoms with van der Waals surface area (Å²) < 4.78 is 1.98. The molecule has 0 bridgehead atoms. The van der Waals surface area contributed by atoms with Crippen molar-refractivity contribution < 1.29 is 0 Å². The number of fused-ring (bicyclic) bond motifs is 1. The van der Waals surface area contributed by atoms with Gasteiger partial charge in [0.05, 0.1) is 13.1 Å². The first kappa shape index (κ1) is 21.7. The standard InChI is InChI=1S/C20H30N6.HI/c1-5-21-19(25-17-10-11-18-23-14-24-26(18)13-17)22-12-15-6-8-16(9-7-15)20(2,3)4;/h6-9,14,17H,5,10-13H2,1-4H3,(H2,21,22,25);1H. The highest BCUT2D eigenvalue weighted by Crippen LogP contribution is 2.22. The second-order valence-electron chi connectivity index (χ2n) is 7.88. The predicted molar refractivity (Wildman–Crippen MR) is 121 cm³/mol. The Bertz CT molecular complexity index is 745. The van der Waals surface area contributed by atoms with E-state index in [0.29, 0.717) is 12.6 Å². The first-order valence-electron chi connectivity index (χ1n) is 9.46. The third-order valence-corrected chi connectivity index (χ3v) is 4.73. The van der Waals surface area contributed by atoms with Crippen LogP contribution in [0.5, 0.6) is 0 Å². The zero-order chi connectivity index (χ0) is 18.6. The van der Waals surface area contributed by atoms with Crippen molar-refractivity contribution in [1.82, 2.24) is 25.4 Å². The number of aryl methyl sites for hydroxylation is 1. The van der Waals surface area contributed by atoms with Gasteiger partial charge in [-0.15, -0.1) is 24.0 Å². The van der Waals surface area contributed by atoms with Gasteiger partial charge < -0.3 is 10.6 Å². The van der Waals surface area contributed by atoms with Crippen molar-refractivity contribution in [2.45, 2.75) is 65.1 Å². The minimum atomic E-state index is 0. The van der Waals surface area contributed by atoms with Gasteiger partial charge in [0.25, 0.3) is 0 Å². The van der Waals surface area contributed by atoms with Crippen molar-refractivity contribution in [3.05, 3.63) is 47.5 Å². The van der Waals surface area contributed by atoms with Crippen LogP contribution in [0.2, 0.25) is 0 Å². The van der Waals surface area contributed by atoms with E-state index in [1.54, 1.807) is 6.33 Å². The Kier molecular flexibility index (Phi) is 7.64. The topological polar surface area (TPSA) is 67.1 Å². The Morgan fingerprint density at radius 1 is 1.26 bits per heavy atom. The first-order chi connectivity index (χ1) is 12.5. The Morgan fingerprint density at radius 3 is 2.67 bits per heavy atom. The van der Waals surface area contributed by atoms with Gasteiger partial charge >= 0.3 is 0 Å². The Labute approximate surface area is 179 Å². The smallest absolute Gasteiger partial charge is 0.191 e. The van der Waals surface area contributed by atoms with Crippen LogP contribution >= 0.6 is 24.0 Å². The molecule has 0 saturated carbocycles. The summed E-state index contributed by atoms with van der Waals surface area (Å²) in [4.78, 5) is 9.05. The Balaban J connectivity index is 0.00000261. The minimum Gasteiger partial charge on any atom is -0.357 e. The van der Waals surface area contributed by atoms with Crippen molar-refractivity contribution in [2.75, 3.05) is 6.54 Å². The van der Waals surface area contributed by atoms with Crippen LogP contribution in [-0.4, -0.2) is 33.3 Å².